The number of nitrogens with zero attached hydrogens (tertiary/aromatic N) is 2. The van der Waals surface area contributed by atoms with Crippen LogP contribution in [0.3, 0.4) is 0 Å². The van der Waals surface area contributed by atoms with Crippen molar-refractivity contribution in [3.8, 4) is 17.0 Å². The largest absolute Gasteiger partial charge is 0.496 e. The maximum absolute atomic E-state index is 13.6. The molecule has 5 rings (SSSR count). The lowest BCUT2D eigenvalue weighted by Crippen LogP contribution is -2.30. The average Bonchev–Trinajstić information content (AvgIpc) is 3.53. The van der Waals surface area contributed by atoms with E-state index in [1.54, 1.807) is 7.11 Å². The van der Waals surface area contributed by atoms with E-state index in [2.05, 4.69) is 60.2 Å². The summed E-state index contributed by atoms with van der Waals surface area (Å²) in [6.07, 6.45) is 1.92. The molecule has 1 amide bonds. The summed E-state index contributed by atoms with van der Waals surface area (Å²) in [6, 6.07) is 20.0. The number of aromatic nitrogens is 3. The molecule has 2 aromatic carbocycles. The summed E-state index contributed by atoms with van der Waals surface area (Å²) in [7, 11) is 1.67. The number of H-pyrrole nitrogens is 2. The molecule has 6 nitrogen and oxygen atoms in total. The molecule has 0 fully saturated rings. The number of fused-ring (bicyclic) bond motifs is 1. The number of amides is 1. The third-order valence-corrected chi connectivity index (χ3v) is 6.22. The monoisotopic (exact) mass is 440 g/mol. The summed E-state index contributed by atoms with van der Waals surface area (Å²) in [6.45, 7) is 6.85. The predicted molar refractivity (Wildman–Crippen MR) is 128 cm³/mol. The molecule has 0 radical (unpaired) electrons. The second kappa shape index (κ2) is 7.96. The number of carbonyl (C=O) groups is 1. The van der Waals surface area contributed by atoms with Gasteiger partial charge in [-0.15, -0.1) is 0 Å². The van der Waals surface area contributed by atoms with Gasteiger partial charge in [-0.3, -0.25) is 9.89 Å². The Morgan fingerprint density at radius 3 is 2.45 bits per heavy atom. The molecule has 1 unspecified atom stereocenters. The Hall–Kier alpha value is -3.80. The SMILES string of the molecule is COc1ccccc1C1c2c(C(C)(C)C)n[nH]c2C(=O)N1Cc1ccc(-c2ccc[nH]2)cc1. The molecule has 2 aromatic heterocycles. The lowest BCUT2D eigenvalue weighted by Gasteiger charge is -2.29. The van der Waals surface area contributed by atoms with Crippen LogP contribution in [-0.2, 0) is 12.0 Å². The molecule has 0 saturated heterocycles. The molecule has 0 aliphatic carbocycles. The van der Waals surface area contributed by atoms with Crippen LogP contribution >= 0.6 is 0 Å². The molecule has 3 heterocycles. The maximum Gasteiger partial charge on any atom is 0.273 e. The van der Waals surface area contributed by atoms with Gasteiger partial charge in [0, 0.05) is 35.0 Å². The van der Waals surface area contributed by atoms with Crippen molar-refractivity contribution in [3.05, 3.63) is 94.9 Å². The summed E-state index contributed by atoms with van der Waals surface area (Å²) in [5.74, 6) is 0.716. The van der Waals surface area contributed by atoms with Crippen molar-refractivity contribution in [3.63, 3.8) is 0 Å². The van der Waals surface area contributed by atoms with E-state index in [9.17, 15) is 4.79 Å². The first-order valence-electron chi connectivity index (χ1n) is 11.1. The van der Waals surface area contributed by atoms with Gasteiger partial charge in [-0.1, -0.05) is 63.2 Å². The highest BCUT2D eigenvalue weighted by Crippen LogP contribution is 2.45. The molecule has 4 aromatic rings. The van der Waals surface area contributed by atoms with E-state index in [1.807, 2.05) is 47.5 Å². The highest BCUT2D eigenvalue weighted by molar-refractivity contribution is 5.98. The summed E-state index contributed by atoms with van der Waals surface area (Å²) >= 11 is 0. The van der Waals surface area contributed by atoms with Crippen LogP contribution < -0.4 is 4.74 Å². The van der Waals surface area contributed by atoms with E-state index in [0.717, 1.165) is 39.4 Å². The Kier molecular flexibility index (Phi) is 5.08. The Morgan fingerprint density at radius 1 is 1.03 bits per heavy atom. The fourth-order valence-corrected chi connectivity index (χ4v) is 4.64. The number of aromatic amines is 2. The average molecular weight is 441 g/mol. The molecule has 168 valence electrons. The van der Waals surface area contributed by atoms with Gasteiger partial charge in [0.05, 0.1) is 18.8 Å². The smallest absolute Gasteiger partial charge is 0.273 e. The van der Waals surface area contributed by atoms with Gasteiger partial charge in [0.25, 0.3) is 5.91 Å². The first-order chi connectivity index (χ1) is 15.9. The second-order valence-electron chi connectivity index (χ2n) is 9.47. The fraction of sp³-hybridized carbons (Fsp3) is 0.259. The van der Waals surface area contributed by atoms with Gasteiger partial charge in [0.15, 0.2) is 0 Å². The third kappa shape index (κ3) is 3.61. The minimum Gasteiger partial charge on any atom is -0.496 e. The first-order valence-corrected chi connectivity index (χ1v) is 11.1. The van der Waals surface area contributed by atoms with Gasteiger partial charge in [-0.2, -0.15) is 5.10 Å². The molecular formula is C27H28N4O2. The summed E-state index contributed by atoms with van der Waals surface area (Å²) in [4.78, 5) is 18.7. The van der Waals surface area contributed by atoms with Crippen LogP contribution in [0.5, 0.6) is 5.75 Å². The number of para-hydroxylation sites is 1. The highest BCUT2D eigenvalue weighted by Gasteiger charge is 2.44. The highest BCUT2D eigenvalue weighted by atomic mass is 16.5. The Bertz CT molecular complexity index is 1280. The number of hydrogen-bond acceptors (Lipinski definition) is 3. The minimum absolute atomic E-state index is 0.0441. The van der Waals surface area contributed by atoms with Crippen molar-refractivity contribution >= 4 is 5.91 Å². The quantitative estimate of drug-likeness (QED) is 0.433. The van der Waals surface area contributed by atoms with Crippen molar-refractivity contribution in [2.45, 2.75) is 38.8 Å². The third-order valence-electron chi connectivity index (χ3n) is 6.22. The molecule has 0 bridgehead atoms. The second-order valence-corrected chi connectivity index (χ2v) is 9.47. The summed E-state index contributed by atoms with van der Waals surface area (Å²) < 4.78 is 5.69. The van der Waals surface area contributed by atoms with E-state index >= 15 is 0 Å². The normalized spacial score (nSPS) is 15.7. The number of hydrogen-bond donors (Lipinski definition) is 2. The first kappa shape index (κ1) is 21.1. The minimum atomic E-state index is -0.278. The number of nitrogens with one attached hydrogen (secondary N) is 2. The number of rotatable bonds is 5. The van der Waals surface area contributed by atoms with Crippen molar-refractivity contribution in [2.24, 2.45) is 0 Å². The van der Waals surface area contributed by atoms with Crippen LogP contribution in [0.15, 0.2) is 66.9 Å². The maximum atomic E-state index is 13.6. The Morgan fingerprint density at radius 2 is 1.79 bits per heavy atom. The molecule has 0 spiro atoms. The van der Waals surface area contributed by atoms with Crippen LogP contribution in [-0.4, -0.2) is 33.1 Å². The zero-order chi connectivity index (χ0) is 23.2. The molecule has 0 saturated carbocycles. The van der Waals surface area contributed by atoms with Gasteiger partial charge >= 0.3 is 0 Å². The van der Waals surface area contributed by atoms with E-state index in [0.29, 0.717) is 12.2 Å². The molecule has 6 heteroatoms. The van der Waals surface area contributed by atoms with Gasteiger partial charge in [-0.05, 0) is 29.3 Å². The lowest BCUT2D eigenvalue weighted by molar-refractivity contribution is 0.0727. The standard InChI is InChI=1S/C27H28N4O2/c1-27(2,3)25-22-23(29-30-25)26(32)31(24(22)19-8-5-6-10-21(19)33-4)16-17-11-13-18(14-12-17)20-9-7-15-28-20/h5-15,24,28H,16H2,1-4H3,(H,29,30). The molecule has 2 N–H and O–H groups in total. The summed E-state index contributed by atoms with van der Waals surface area (Å²) in [5, 5.41) is 7.59. The van der Waals surface area contributed by atoms with Crippen molar-refractivity contribution < 1.29 is 9.53 Å². The summed E-state index contributed by atoms with van der Waals surface area (Å²) in [5.41, 5.74) is 6.42. The number of methoxy groups -OCH3 is 1. The zero-order valence-electron chi connectivity index (χ0n) is 19.3. The Balaban J connectivity index is 1.57. The van der Waals surface area contributed by atoms with E-state index in [4.69, 9.17) is 4.74 Å². The van der Waals surface area contributed by atoms with Crippen LogP contribution in [0.25, 0.3) is 11.3 Å². The molecule has 1 aliphatic heterocycles. The zero-order valence-corrected chi connectivity index (χ0v) is 19.3. The van der Waals surface area contributed by atoms with Gasteiger partial charge in [0.2, 0.25) is 0 Å². The van der Waals surface area contributed by atoms with Crippen molar-refractivity contribution in [1.82, 2.24) is 20.1 Å². The van der Waals surface area contributed by atoms with Crippen LogP contribution in [0.2, 0.25) is 0 Å². The predicted octanol–water partition coefficient (Wildman–Crippen LogP) is 5.46. The topological polar surface area (TPSA) is 74.0 Å². The van der Waals surface area contributed by atoms with Gasteiger partial charge in [0.1, 0.15) is 11.4 Å². The van der Waals surface area contributed by atoms with E-state index in [-0.39, 0.29) is 17.4 Å². The molecular weight excluding hydrogens is 412 g/mol. The van der Waals surface area contributed by atoms with E-state index in [1.165, 1.54) is 0 Å². The number of benzene rings is 2. The molecule has 1 atom stereocenters. The lowest BCUT2D eigenvalue weighted by atomic mass is 9.85. The van der Waals surface area contributed by atoms with Gasteiger partial charge < -0.3 is 14.6 Å². The van der Waals surface area contributed by atoms with Crippen LogP contribution in [0, 0.1) is 0 Å². The van der Waals surface area contributed by atoms with E-state index < -0.39 is 0 Å². The van der Waals surface area contributed by atoms with Gasteiger partial charge in [-0.25, -0.2) is 0 Å². The van der Waals surface area contributed by atoms with Crippen LogP contribution in [0.1, 0.15) is 59.7 Å². The van der Waals surface area contributed by atoms with Crippen molar-refractivity contribution in [2.75, 3.05) is 7.11 Å². The van der Waals surface area contributed by atoms with Crippen molar-refractivity contribution in [1.29, 1.82) is 0 Å². The Labute approximate surface area is 193 Å². The molecule has 1 aliphatic rings. The fourth-order valence-electron chi connectivity index (χ4n) is 4.64. The number of ether oxygens (including phenoxy) is 1. The van der Waals surface area contributed by atoms with Crippen LogP contribution in [0.4, 0.5) is 0 Å². The number of carbonyl (C=O) groups excluding carboxylic acids is 1. The molecule has 33 heavy (non-hydrogen) atoms.